The molecule has 0 aliphatic heterocycles. The maximum Gasteiger partial charge on any atom is 0.0715 e. The Morgan fingerprint density at radius 2 is 2.13 bits per heavy atom. The first-order valence-electron chi connectivity index (χ1n) is 6.61. The zero-order valence-corrected chi connectivity index (χ0v) is 10.3. The van der Waals surface area contributed by atoms with Crippen molar-refractivity contribution in [2.45, 2.75) is 64.4 Å². The summed E-state index contributed by atoms with van der Waals surface area (Å²) in [7, 11) is 0. The van der Waals surface area contributed by atoms with Crippen LogP contribution in [0.4, 0.5) is 0 Å². The van der Waals surface area contributed by atoms with Crippen molar-refractivity contribution in [2.75, 3.05) is 6.54 Å². The van der Waals surface area contributed by atoms with Crippen LogP contribution in [-0.2, 0) is 0 Å². The molecule has 0 amide bonds. The maximum atomic E-state index is 10.8. The largest absolute Gasteiger partial charge is 0.389 e. The molecule has 1 aliphatic rings. The summed E-state index contributed by atoms with van der Waals surface area (Å²) in [6.45, 7) is 5.01. The van der Waals surface area contributed by atoms with Crippen molar-refractivity contribution < 1.29 is 5.11 Å². The van der Waals surface area contributed by atoms with E-state index in [1.807, 2.05) is 0 Å². The van der Waals surface area contributed by atoms with E-state index in [0.717, 1.165) is 25.7 Å². The van der Waals surface area contributed by atoms with Crippen LogP contribution in [0, 0.1) is 11.8 Å². The standard InChI is InChI=1S/C13H27NO/c1-3-7-12(10-14)13(15)9-6-5-8-11(13)4-2/h11-12,15H,3-10,14H2,1-2H3. The first-order chi connectivity index (χ1) is 7.19. The molecule has 2 heteroatoms. The molecule has 0 bridgehead atoms. The SMILES string of the molecule is CCCC(CN)C1(O)CCCCC1CC. The fraction of sp³-hybridized carbons (Fsp3) is 1.00. The minimum atomic E-state index is -0.461. The van der Waals surface area contributed by atoms with Gasteiger partial charge in [-0.3, -0.25) is 0 Å². The predicted octanol–water partition coefficient (Wildman–Crippen LogP) is 2.69. The van der Waals surface area contributed by atoms with Crippen LogP contribution in [0.3, 0.4) is 0 Å². The molecule has 3 unspecified atom stereocenters. The van der Waals surface area contributed by atoms with Gasteiger partial charge >= 0.3 is 0 Å². The van der Waals surface area contributed by atoms with Gasteiger partial charge in [0.05, 0.1) is 5.60 Å². The Kier molecular flexibility index (Phi) is 5.07. The van der Waals surface area contributed by atoms with Gasteiger partial charge in [-0.15, -0.1) is 0 Å². The zero-order chi connectivity index (χ0) is 11.3. The molecule has 3 atom stereocenters. The van der Waals surface area contributed by atoms with Crippen LogP contribution < -0.4 is 5.73 Å². The quantitative estimate of drug-likeness (QED) is 0.737. The van der Waals surface area contributed by atoms with E-state index in [4.69, 9.17) is 5.73 Å². The van der Waals surface area contributed by atoms with Gasteiger partial charge in [0.15, 0.2) is 0 Å². The molecule has 1 fully saturated rings. The van der Waals surface area contributed by atoms with E-state index in [9.17, 15) is 5.11 Å². The Hall–Kier alpha value is -0.0800. The lowest BCUT2D eigenvalue weighted by Gasteiger charge is -2.45. The summed E-state index contributed by atoms with van der Waals surface area (Å²) in [6, 6.07) is 0. The third-order valence-corrected chi connectivity index (χ3v) is 4.21. The average molecular weight is 213 g/mol. The minimum absolute atomic E-state index is 0.313. The molecular formula is C13H27NO. The van der Waals surface area contributed by atoms with Crippen molar-refractivity contribution in [3.05, 3.63) is 0 Å². The van der Waals surface area contributed by atoms with Crippen LogP contribution in [0.5, 0.6) is 0 Å². The van der Waals surface area contributed by atoms with Crippen molar-refractivity contribution in [2.24, 2.45) is 17.6 Å². The van der Waals surface area contributed by atoms with Crippen LogP contribution >= 0.6 is 0 Å². The summed E-state index contributed by atoms with van der Waals surface area (Å²) >= 11 is 0. The van der Waals surface area contributed by atoms with Gasteiger partial charge in [0.1, 0.15) is 0 Å². The Morgan fingerprint density at radius 3 is 2.67 bits per heavy atom. The molecule has 0 saturated heterocycles. The molecule has 0 heterocycles. The number of hydrogen-bond acceptors (Lipinski definition) is 2. The van der Waals surface area contributed by atoms with E-state index in [-0.39, 0.29) is 0 Å². The summed E-state index contributed by atoms with van der Waals surface area (Å²) in [6.07, 6.45) is 7.90. The fourth-order valence-corrected chi connectivity index (χ4v) is 3.27. The molecule has 0 spiro atoms. The number of hydrogen-bond donors (Lipinski definition) is 2. The van der Waals surface area contributed by atoms with Crippen molar-refractivity contribution >= 4 is 0 Å². The van der Waals surface area contributed by atoms with Crippen LogP contribution in [0.1, 0.15) is 58.8 Å². The molecule has 0 aromatic heterocycles. The van der Waals surface area contributed by atoms with Crippen LogP contribution in [0.15, 0.2) is 0 Å². The van der Waals surface area contributed by atoms with E-state index in [0.29, 0.717) is 18.4 Å². The molecule has 0 aromatic rings. The van der Waals surface area contributed by atoms with E-state index in [2.05, 4.69) is 13.8 Å². The average Bonchev–Trinajstić information content (AvgIpc) is 2.26. The molecule has 0 radical (unpaired) electrons. The van der Waals surface area contributed by atoms with Crippen molar-refractivity contribution in [3.63, 3.8) is 0 Å². The molecule has 3 N–H and O–H groups in total. The molecule has 2 nitrogen and oxygen atoms in total. The lowest BCUT2D eigenvalue weighted by molar-refractivity contribution is -0.0958. The second-order valence-corrected chi connectivity index (χ2v) is 5.06. The Morgan fingerprint density at radius 1 is 1.40 bits per heavy atom. The molecule has 0 aromatic carbocycles. The van der Waals surface area contributed by atoms with Crippen molar-refractivity contribution in [1.29, 1.82) is 0 Å². The van der Waals surface area contributed by atoms with Gasteiger partial charge in [0, 0.05) is 5.92 Å². The van der Waals surface area contributed by atoms with Gasteiger partial charge in [0.25, 0.3) is 0 Å². The summed E-state index contributed by atoms with van der Waals surface area (Å²) in [5.41, 5.74) is 5.37. The highest BCUT2D eigenvalue weighted by Crippen LogP contribution is 2.42. The highest BCUT2D eigenvalue weighted by molar-refractivity contribution is 4.95. The van der Waals surface area contributed by atoms with Crippen LogP contribution in [-0.4, -0.2) is 17.3 Å². The van der Waals surface area contributed by atoms with E-state index in [1.54, 1.807) is 0 Å². The molecule has 1 saturated carbocycles. The molecule has 15 heavy (non-hydrogen) atoms. The third-order valence-electron chi connectivity index (χ3n) is 4.21. The monoisotopic (exact) mass is 213 g/mol. The number of rotatable bonds is 5. The van der Waals surface area contributed by atoms with E-state index < -0.39 is 5.60 Å². The Labute approximate surface area is 94.2 Å². The van der Waals surface area contributed by atoms with Crippen LogP contribution in [0.25, 0.3) is 0 Å². The van der Waals surface area contributed by atoms with Gasteiger partial charge in [-0.2, -0.15) is 0 Å². The highest BCUT2D eigenvalue weighted by Gasteiger charge is 2.42. The summed E-state index contributed by atoms with van der Waals surface area (Å²) < 4.78 is 0. The predicted molar refractivity (Wildman–Crippen MR) is 64.7 cm³/mol. The van der Waals surface area contributed by atoms with Gasteiger partial charge in [-0.05, 0) is 31.7 Å². The van der Waals surface area contributed by atoms with Crippen LogP contribution in [0.2, 0.25) is 0 Å². The van der Waals surface area contributed by atoms with Crippen molar-refractivity contribution in [3.8, 4) is 0 Å². The second-order valence-electron chi connectivity index (χ2n) is 5.06. The first kappa shape index (κ1) is 13.0. The first-order valence-corrected chi connectivity index (χ1v) is 6.61. The van der Waals surface area contributed by atoms with Gasteiger partial charge in [-0.1, -0.05) is 39.5 Å². The summed E-state index contributed by atoms with van der Waals surface area (Å²) in [4.78, 5) is 0. The van der Waals surface area contributed by atoms with Gasteiger partial charge in [0.2, 0.25) is 0 Å². The lowest BCUT2D eigenvalue weighted by atomic mass is 9.66. The normalized spacial score (nSPS) is 34.0. The fourth-order valence-electron chi connectivity index (χ4n) is 3.27. The lowest BCUT2D eigenvalue weighted by Crippen LogP contribution is -2.49. The van der Waals surface area contributed by atoms with E-state index >= 15 is 0 Å². The van der Waals surface area contributed by atoms with E-state index in [1.165, 1.54) is 19.3 Å². The smallest absolute Gasteiger partial charge is 0.0715 e. The highest BCUT2D eigenvalue weighted by atomic mass is 16.3. The maximum absolute atomic E-state index is 10.8. The topological polar surface area (TPSA) is 46.2 Å². The second kappa shape index (κ2) is 5.86. The molecule has 1 aliphatic carbocycles. The molecule has 1 rings (SSSR count). The number of nitrogens with two attached hydrogens (primary N) is 1. The zero-order valence-electron chi connectivity index (χ0n) is 10.3. The van der Waals surface area contributed by atoms with Gasteiger partial charge in [-0.25, -0.2) is 0 Å². The summed E-state index contributed by atoms with van der Waals surface area (Å²) in [5, 5.41) is 10.8. The molecular weight excluding hydrogens is 186 g/mol. The van der Waals surface area contributed by atoms with Gasteiger partial charge < -0.3 is 10.8 Å². The summed E-state index contributed by atoms with van der Waals surface area (Å²) in [5.74, 6) is 0.791. The Bertz CT molecular complexity index is 183. The Balaban J connectivity index is 2.73. The minimum Gasteiger partial charge on any atom is -0.389 e. The number of aliphatic hydroxyl groups is 1. The van der Waals surface area contributed by atoms with Crippen molar-refractivity contribution in [1.82, 2.24) is 0 Å². The molecule has 90 valence electrons. The third kappa shape index (κ3) is 2.73.